The third-order valence-corrected chi connectivity index (χ3v) is 3.35. The average Bonchev–Trinajstić information content (AvgIpc) is 3.01. The van der Waals surface area contributed by atoms with E-state index in [-0.39, 0.29) is 0 Å². The molecule has 0 aliphatic carbocycles. The van der Waals surface area contributed by atoms with Crippen LogP contribution in [0.3, 0.4) is 0 Å². The Labute approximate surface area is 107 Å². The van der Waals surface area contributed by atoms with Gasteiger partial charge in [0.15, 0.2) is 0 Å². The van der Waals surface area contributed by atoms with Crippen molar-refractivity contribution in [2.24, 2.45) is 0 Å². The Hall–Kier alpha value is -2.02. The summed E-state index contributed by atoms with van der Waals surface area (Å²) in [6.07, 6.45) is 0.909. The van der Waals surface area contributed by atoms with E-state index in [1.807, 2.05) is 31.2 Å². The molecule has 0 aliphatic heterocycles. The molecule has 92 valence electrons. The Morgan fingerprint density at radius 2 is 2.22 bits per heavy atom. The quantitative estimate of drug-likeness (QED) is 0.719. The van der Waals surface area contributed by atoms with Gasteiger partial charge in [-0.2, -0.15) is 0 Å². The van der Waals surface area contributed by atoms with Crippen molar-refractivity contribution in [2.45, 2.75) is 13.3 Å². The Morgan fingerprint density at radius 1 is 1.33 bits per heavy atom. The predicted molar refractivity (Wildman–Crippen MR) is 68.1 cm³/mol. The summed E-state index contributed by atoms with van der Waals surface area (Å²) in [7, 11) is 0. The van der Waals surface area contributed by atoms with Crippen molar-refractivity contribution in [1.82, 2.24) is 25.2 Å². The second kappa shape index (κ2) is 4.69. The lowest BCUT2D eigenvalue weighted by Gasteiger charge is -2.01. The largest absolute Gasteiger partial charge is 0.462 e. The molecule has 0 radical (unpaired) electrons. The molecule has 0 unspecified atom stereocenters. The first-order chi connectivity index (χ1) is 8.88. The van der Waals surface area contributed by atoms with Crippen molar-refractivity contribution in [2.75, 3.05) is 6.61 Å². The van der Waals surface area contributed by atoms with Gasteiger partial charge in [-0.3, -0.25) is 0 Å². The van der Waals surface area contributed by atoms with Crippen LogP contribution in [0.15, 0.2) is 24.3 Å². The summed E-state index contributed by atoms with van der Waals surface area (Å²) >= 11 is 1.53. The third kappa shape index (κ3) is 1.92. The smallest absolute Gasteiger partial charge is 0.342 e. The minimum atomic E-state index is 0.385. The van der Waals surface area contributed by atoms with Crippen molar-refractivity contribution in [3.8, 4) is 11.1 Å². The Kier molecular flexibility index (Phi) is 2.89. The molecule has 0 saturated carbocycles. The number of ether oxygens (including phenoxy) is 1. The van der Waals surface area contributed by atoms with Gasteiger partial charge in [-0.25, -0.2) is 4.98 Å². The normalized spacial score (nSPS) is 10.9. The van der Waals surface area contributed by atoms with Crippen LogP contribution in [-0.4, -0.2) is 31.8 Å². The van der Waals surface area contributed by atoms with Crippen LogP contribution in [0.4, 0.5) is 0 Å². The summed E-state index contributed by atoms with van der Waals surface area (Å²) in [4.78, 5) is 4.48. The van der Waals surface area contributed by atoms with E-state index in [9.17, 15) is 0 Å². The summed E-state index contributed by atoms with van der Waals surface area (Å²) in [5.74, 6) is 0. The highest BCUT2D eigenvalue weighted by atomic mass is 32.1. The summed E-state index contributed by atoms with van der Waals surface area (Å²) in [5, 5.41) is 12.1. The molecule has 18 heavy (non-hydrogen) atoms. The Morgan fingerprint density at radius 3 is 3.06 bits per heavy atom. The highest BCUT2D eigenvalue weighted by Crippen LogP contribution is 2.25. The minimum Gasteiger partial charge on any atom is -0.462 e. The van der Waals surface area contributed by atoms with E-state index >= 15 is 0 Å². The summed E-state index contributed by atoms with van der Waals surface area (Å²) < 4.78 is 8.10. The maximum Gasteiger partial charge on any atom is 0.342 e. The van der Waals surface area contributed by atoms with E-state index in [2.05, 4.69) is 20.5 Å². The monoisotopic (exact) mass is 261 g/mol. The van der Waals surface area contributed by atoms with Gasteiger partial charge in [-0.05, 0) is 29.0 Å². The molecule has 2 heterocycles. The summed E-state index contributed by atoms with van der Waals surface area (Å²) in [5.41, 5.74) is 0.939. The number of nitrogens with zero attached hydrogens (tertiary/aromatic N) is 5. The van der Waals surface area contributed by atoms with Crippen molar-refractivity contribution >= 4 is 21.6 Å². The number of thiazole rings is 1. The standard InChI is InChI=1S/C11H11N5OS/c1-2-7-17-10-13-14-15-16(10)11-12-8-5-3-4-6-9(8)18-11/h3-6H,2,7H2,1H3. The predicted octanol–water partition coefficient (Wildman–Crippen LogP) is 2.06. The van der Waals surface area contributed by atoms with Gasteiger partial charge in [0, 0.05) is 0 Å². The third-order valence-electron chi connectivity index (χ3n) is 2.34. The zero-order valence-corrected chi connectivity index (χ0v) is 10.6. The molecule has 1 aromatic carbocycles. The molecule has 0 aliphatic rings. The molecule has 3 rings (SSSR count). The fourth-order valence-electron chi connectivity index (χ4n) is 1.53. The average molecular weight is 261 g/mol. The van der Waals surface area contributed by atoms with Gasteiger partial charge >= 0.3 is 6.01 Å². The first kappa shape index (κ1) is 11.1. The van der Waals surface area contributed by atoms with Crippen molar-refractivity contribution in [3.05, 3.63) is 24.3 Å². The highest BCUT2D eigenvalue weighted by molar-refractivity contribution is 7.20. The molecule has 7 heteroatoms. The molecule has 0 bridgehead atoms. The van der Waals surface area contributed by atoms with Gasteiger partial charge in [0.05, 0.1) is 16.8 Å². The highest BCUT2D eigenvalue weighted by Gasteiger charge is 2.13. The number of para-hydroxylation sites is 1. The van der Waals surface area contributed by atoms with E-state index in [1.54, 1.807) is 0 Å². The van der Waals surface area contributed by atoms with E-state index in [1.165, 1.54) is 16.0 Å². The number of tetrazole rings is 1. The van der Waals surface area contributed by atoms with Crippen LogP contribution in [0.1, 0.15) is 13.3 Å². The number of hydrogen-bond acceptors (Lipinski definition) is 6. The minimum absolute atomic E-state index is 0.385. The van der Waals surface area contributed by atoms with Gasteiger partial charge in [-0.15, -0.1) is 4.68 Å². The first-order valence-electron chi connectivity index (χ1n) is 5.65. The van der Waals surface area contributed by atoms with Crippen LogP contribution in [0.25, 0.3) is 15.3 Å². The molecular weight excluding hydrogens is 250 g/mol. The molecule has 3 aromatic rings. The maximum atomic E-state index is 5.47. The van der Waals surface area contributed by atoms with Gasteiger partial charge in [-0.1, -0.05) is 35.5 Å². The van der Waals surface area contributed by atoms with Crippen molar-refractivity contribution in [3.63, 3.8) is 0 Å². The molecule has 0 N–H and O–H groups in total. The molecule has 0 saturated heterocycles. The molecular formula is C11H11N5OS. The second-order valence-electron chi connectivity index (χ2n) is 3.69. The second-order valence-corrected chi connectivity index (χ2v) is 4.69. The zero-order chi connectivity index (χ0) is 12.4. The topological polar surface area (TPSA) is 65.7 Å². The van der Waals surface area contributed by atoms with Gasteiger partial charge < -0.3 is 4.74 Å². The Bertz CT molecular complexity index is 629. The Balaban J connectivity index is 2.01. The van der Waals surface area contributed by atoms with E-state index in [0.717, 1.165) is 16.6 Å². The summed E-state index contributed by atoms with van der Waals surface area (Å²) in [6.45, 7) is 2.62. The van der Waals surface area contributed by atoms with Crippen LogP contribution >= 0.6 is 11.3 Å². The fraction of sp³-hybridized carbons (Fsp3) is 0.273. The molecule has 0 fully saturated rings. The van der Waals surface area contributed by atoms with Crippen molar-refractivity contribution < 1.29 is 4.74 Å². The number of hydrogen-bond donors (Lipinski definition) is 0. The SMILES string of the molecule is CCCOc1nnnn1-c1nc2ccccc2s1. The lowest BCUT2D eigenvalue weighted by molar-refractivity contribution is 0.284. The lowest BCUT2D eigenvalue weighted by Crippen LogP contribution is -2.04. The fourth-order valence-corrected chi connectivity index (χ4v) is 2.44. The summed E-state index contributed by atoms with van der Waals surface area (Å²) in [6, 6.07) is 8.31. The molecule has 0 atom stereocenters. The maximum absolute atomic E-state index is 5.47. The molecule has 2 aromatic heterocycles. The van der Waals surface area contributed by atoms with E-state index < -0.39 is 0 Å². The van der Waals surface area contributed by atoms with Crippen LogP contribution < -0.4 is 4.74 Å². The number of fused-ring (bicyclic) bond motifs is 1. The van der Waals surface area contributed by atoms with Crippen LogP contribution in [0.5, 0.6) is 6.01 Å². The van der Waals surface area contributed by atoms with E-state index in [4.69, 9.17) is 4.74 Å². The first-order valence-corrected chi connectivity index (χ1v) is 6.47. The number of benzene rings is 1. The molecule has 0 amide bonds. The number of rotatable bonds is 4. The molecule has 6 nitrogen and oxygen atoms in total. The van der Waals surface area contributed by atoms with Gasteiger partial charge in [0.1, 0.15) is 0 Å². The van der Waals surface area contributed by atoms with Crippen LogP contribution in [0, 0.1) is 0 Å². The lowest BCUT2D eigenvalue weighted by atomic mass is 10.3. The van der Waals surface area contributed by atoms with Crippen LogP contribution in [0.2, 0.25) is 0 Å². The van der Waals surface area contributed by atoms with Gasteiger partial charge in [0.2, 0.25) is 5.13 Å². The van der Waals surface area contributed by atoms with Crippen LogP contribution in [-0.2, 0) is 0 Å². The van der Waals surface area contributed by atoms with E-state index in [0.29, 0.717) is 17.7 Å². The van der Waals surface area contributed by atoms with Crippen molar-refractivity contribution in [1.29, 1.82) is 0 Å². The zero-order valence-electron chi connectivity index (χ0n) is 9.78. The number of aromatic nitrogens is 5. The molecule has 0 spiro atoms. The van der Waals surface area contributed by atoms with Gasteiger partial charge in [0.25, 0.3) is 0 Å².